The maximum Gasteiger partial charge on any atom is 0.233 e. The summed E-state index contributed by atoms with van der Waals surface area (Å²) < 4.78 is 10.9. The van der Waals surface area contributed by atoms with Gasteiger partial charge in [-0.05, 0) is 31.0 Å². The molecule has 3 aliphatic rings. The first-order chi connectivity index (χ1) is 11.6. The first-order valence-corrected chi connectivity index (χ1v) is 8.08. The van der Waals surface area contributed by atoms with Gasteiger partial charge in [0.2, 0.25) is 11.8 Å². The number of allylic oxidation sites excluding steroid dienone is 2. The highest BCUT2D eigenvalue weighted by Gasteiger charge is 2.47. The smallest absolute Gasteiger partial charge is 0.233 e. The summed E-state index contributed by atoms with van der Waals surface area (Å²) >= 11 is 0. The van der Waals surface area contributed by atoms with Crippen molar-refractivity contribution in [2.24, 2.45) is 11.8 Å². The molecule has 2 heterocycles. The van der Waals surface area contributed by atoms with Crippen LogP contribution in [0.15, 0.2) is 30.4 Å². The van der Waals surface area contributed by atoms with E-state index in [4.69, 9.17) is 9.47 Å². The van der Waals surface area contributed by atoms with Gasteiger partial charge in [-0.2, -0.15) is 0 Å². The molecule has 1 aliphatic carbocycles. The molecule has 0 N–H and O–H groups in total. The molecule has 0 spiro atoms. The topological polar surface area (TPSA) is 72.9 Å². The van der Waals surface area contributed by atoms with E-state index < -0.39 is 0 Å². The minimum Gasteiger partial charge on any atom is -0.486 e. The second-order valence-electron chi connectivity index (χ2n) is 6.20. The van der Waals surface area contributed by atoms with E-state index in [1.165, 1.54) is 0 Å². The lowest BCUT2D eigenvalue weighted by atomic mass is 9.85. The zero-order valence-corrected chi connectivity index (χ0v) is 13.1. The van der Waals surface area contributed by atoms with E-state index in [9.17, 15) is 14.4 Å². The minimum absolute atomic E-state index is 0.218. The van der Waals surface area contributed by atoms with Crippen molar-refractivity contribution in [3.05, 3.63) is 35.9 Å². The predicted molar refractivity (Wildman–Crippen MR) is 83.8 cm³/mol. The molecule has 2 aliphatic heterocycles. The van der Waals surface area contributed by atoms with Crippen molar-refractivity contribution >= 4 is 17.6 Å². The molecule has 2 amide bonds. The average Bonchev–Trinajstić information content (AvgIpc) is 2.86. The SMILES string of the molecule is O=C(CN1C(=O)C2CC=CCC2C1=O)c1ccc2c(c1)OCCO2. The van der Waals surface area contributed by atoms with Gasteiger partial charge < -0.3 is 9.47 Å². The Kier molecular flexibility index (Phi) is 3.59. The number of hydrogen-bond acceptors (Lipinski definition) is 5. The maximum atomic E-state index is 12.5. The van der Waals surface area contributed by atoms with Gasteiger partial charge in [0.25, 0.3) is 0 Å². The van der Waals surface area contributed by atoms with Crippen LogP contribution in [0, 0.1) is 11.8 Å². The average molecular weight is 327 g/mol. The summed E-state index contributed by atoms with van der Waals surface area (Å²) in [6.45, 7) is 0.697. The molecule has 1 saturated heterocycles. The molecular formula is C18H17NO5. The van der Waals surface area contributed by atoms with Gasteiger partial charge in [0, 0.05) is 5.56 Å². The first-order valence-electron chi connectivity index (χ1n) is 8.08. The van der Waals surface area contributed by atoms with Gasteiger partial charge in [0.1, 0.15) is 13.2 Å². The number of ketones is 1. The van der Waals surface area contributed by atoms with Gasteiger partial charge in [-0.25, -0.2) is 0 Å². The number of Topliss-reactive ketones (excluding diaryl/α,β-unsaturated/α-hetero) is 1. The lowest BCUT2D eigenvalue weighted by Gasteiger charge is -2.19. The van der Waals surface area contributed by atoms with Crippen LogP contribution >= 0.6 is 0 Å². The van der Waals surface area contributed by atoms with Crippen molar-refractivity contribution in [1.29, 1.82) is 0 Å². The molecular weight excluding hydrogens is 310 g/mol. The Bertz CT molecular complexity index is 728. The van der Waals surface area contributed by atoms with Crippen LogP contribution in [-0.4, -0.2) is 42.3 Å². The maximum absolute atomic E-state index is 12.5. The lowest BCUT2D eigenvalue weighted by molar-refractivity contribution is -0.139. The van der Waals surface area contributed by atoms with Gasteiger partial charge in [-0.3, -0.25) is 19.3 Å². The van der Waals surface area contributed by atoms with E-state index in [1.807, 2.05) is 12.2 Å². The first kappa shape index (κ1) is 14.9. The van der Waals surface area contributed by atoms with Gasteiger partial charge >= 0.3 is 0 Å². The zero-order valence-electron chi connectivity index (χ0n) is 13.1. The van der Waals surface area contributed by atoms with Crippen molar-refractivity contribution in [3.63, 3.8) is 0 Å². The summed E-state index contributed by atoms with van der Waals surface area (Å²) in [7, 11) is 0. The molecule has 2 unspecified atom stereocenters. The molecule has 0 radical (unpaired) electrons. The Labute approximate surface area is 139 Å². The third-order valence-corrected chi connectivity index (χ3v) is 4.76. The highest BCUT2D eigenvalue weighted by molar-refractivity contribution is 6.10. The molecule has 2 atom stereocenters. The van der Waals surface area contributed by atoms with Crippen molar-refractivity contribution in [2.45, 2.75) is 12.8 Å². The number of amides is 2. The normalized spacial score (nSPS) is 24.9. The molecule has 24 heavy (non-hydrogen) atoms. The highest BCUT2D eigenvalue weighted by Crippen LogP contribution is 2.35. The Morgan fingerprint density at radius 2 is 1.62 bits per heavy atom. The molecule has 6 heteroatoms. The van der Waals surface area contributed by atoms with Crippen LogP contribution in [0.5, 0.6) is 11.5 Å². The molecule has 0 aromatic heterocycles. The Balaban J connectivity index is 1.52. The second kappa shape index (κ2) is 5.78. The number of carbonyl (C=O) groups excluding carboxylic acids is 3. The number of carbonyl (C=O) groups is 3. The van der Waals surface area contributed by atoms with Gasteiger partial charge in [-0.15, -0.1) is 0 Å². The number of nitrogens with zero attached hydrogens (tertiary/aromatic N) is 1. The lowest BCUT2D eigenvalue weighted by Crippen LogP contribution is -2.36. The Morgan fingerprint density at radius 3 is 2.29 bits per heavy atom. The molecule has 1 aromatic carbocycles. The van der Waals surface area contributed by atoms with E-state index in [-0.39, 0.29) is 36.0 Å². The van der Waals surface area contributed by atoms with E-state index >= 15 is 0 Å². The summed E-state index contributed by atoms with van der Waals surface area (Å²) in [6.07, 6.45) is 5.00. The molecule has 0 saturated carbocycles. The quantitative estimate of drug-likeness (QED) is 0.479. The highest BCUT2D eigenvalue weighted by atomic mass is 16.6. The van der Waals surface area contributed by atoms with E-state index in [0.29, 0.717) is 43.1 Å². The van der Waals surface area contributed by atoms with Gasteiger partial charge in [0.15, 0.2) is 17.3 Å². The summed E-state index contributed by atoms with van der Waals surface area (Å²) in [4.78, 5) is 38.5. The van der Waals surface area contributed by atoms with Gasteiger partial charge in [-0.1, -0.05) is 12.2 Å². The zero-order chi connectivity index (χ0) is 16.7. The van der Waals surface area contributed by atoms with Crippen LogP contribution in [0.25, 0.3) is 0 Å². The molecule has 1 aromatic rings. The Hall–Kier alpha value is -2.63. The van der Waals surface area contributed by atoms with Crippen LogP contribution in [0.1, 0.15) is 23.2 Å². The van der Waals surface area contributed by atoms with E-state index in [0.717, 1.165) is 4.90 Å². The minimum atomic E-state index is -0.310. The fourth-order valence-corrected chi connectivity index (χ4v) is 3.48. The van der Waals surface area contributed by atoms with Crippen LogP contribution < -0.4 is 9.47 Å². The Morgan fingerprint density at radius 1 is 1.00 bits per heavy atom. The van der Waals surface area contributed by atoms with Crippen LogP contribution in [0.2, 0.25) is 0 Å². The largest absolute Gasteiger partial charge is 0.486 e. The molecule has 6 nitrogen and oxygen atoms in total. The summed E-state index contributed by atoms with van der Waals surface area (Å²) in [6, 6.07) is 4.92. The van der Waals surface area contributed by atoms with Crippen molar-refractivity contribution in [1.82, 2.24) is 4.90 Å². The predicted octanol–water partition coefficient (Wildman–Crippen LogP) is 1.59. The third-order valence-electron chi connectivity index (χ3n) is 4.76. The van der Waals surface area contributed by atoms with Crippen molar-refractivity contribution in [2.75, 3.05) is 19.8 Å². The van der Waals surface area contributed by atoms with Crippen LogP contribution in [-0.2, 0) is 9.59 Å². The molecule has 1 fully saturated rings. The molecule has 124 valence electrons. The summed E-state index contributed by atoms with van der Waals surface area (Å²) in [5.41, 5.74) is 0.410. The number of ether oxygens (including phenoxy) is 2. The number of likely N-dealkylation sites (tertiary alicyclic amines) is 1. The summed E-state index contributed by atoms with van der Waals surface area (Å²) in [5.74, 6) is -0.251. The fraction of sp³-hybridized carbons (Fsp3) is 0.389. The van der Waals surface area contributed by atoms with E-state index in [1.54, 1.807) is 18.2 Å². The standard InChI is InChI=1S/C18H17NO5/c20-14(11-5-6-15-16(9-11)24-8-7-23-15)10-19-17(21)12-3-1-2-4-13(12)18(19)22/h1-2,5-6,9,12-13H,3-4,7-8,10H2. The van der Waals surface area contributed by atoms with Crippen LogP contribution in [0.4, 0.5) is 0 Å². The van der Waals surface area contributed by atoms with Crippen molar-refractivity contribution in [3.8, 4) is 11.5 Å². The summed E-state index contributed by atoms with van der Waals surface area (Å²) in [5, 5.41) is 0. The number of imide groups is 1. The van der Waals surface area contributed by atoms with Crippen molar-refractivity contribution < 1.29 is 23.9 Å². The van der Waals surface area contributed by atoms with Gasteiger partial charge in [0.05, 0.1) is 18.4 Å². The molecule has 4 rings (SSSR count). The third kappa shape index (κ3) is 2.38. The number of rotatable bonds is 3. The van der Waals surface area contributed by atoms with Crippen LogP contribution in [0.3, 0.4) is 0 Å². The monoisotopic (exact) mass is 327 g/mol. The van der Waals surface area contributed by atoms with E-state index in [2.05, 4.69) is 0 Å². The number of hydrogen-bond donors (Lipinski definition) is 0. The molecule has 0 bridgehead atoms. The number of fused-ring (bicyclic) bond motifs is 2. The fourth-order valence-electron chi connectivity index (χ4n) is 3.48. The second-order valence-corrected chi connectivity index (χ2v) is 6.20. The number of benzene rings is 1.